The standard InChI is InChI=1S/C22H28F6N2O2/c1-2-20(6-3-18(12-20)30-17-4-7-32-8-5-17)19(31)29-13-14-9-15(21(23,24)25)11-16(10-14)22(26,27)28/h9-11,17-18,30H,2-8,12-13H2,1H3,(H,29,31). The average molecular weight is 466 g/mol. The molecule has 32 heavy (non-hydrogen) atoms. The van der Waals surface area contributed by atoms with Crippen LogP contribution in [0, 0.1) is 5.41 Å². The Kier molecular flexibility index (Phi) is 7.44. The number of hydrogen-bond donors (Lipinski definition) is 2. The van der Waals surface area contributed by atoms with E-state index in [0.29, 0.717) is 50.7 Å². The molecule has 0 bridgehead atoms. The molecule has 10 heteroatoms. The second kappa shape index (κ2) is 9.59. The molecule has 2 aliphatic rings. The molecule has 180 valence electrons. The molecule has 0 radical (unpaired) electrons. The van der Waals surface area contributed by atoms with Crippen LogP contribution in [0.2, 0.25) is 0 Å². The van der Waals surface area contributed by atoms with Gasteiger partial charge in [-0.2, -0.15) is 26.3 Å². The molecule has 1 heterocycles. The lowest BCUT2D eigenvalue weighted by atomic mass is 9.82. The Hall–Kier alpha value is -1.81. The highest BCUT2D eigenvalue weighted by Gasteiger charge is 2.44. The number of carbonyl (C=O) groups excluding carboxylic acids is 1. The fourth-order valence-corrected chi connectivity index (χ4v) is 4.65. The number of carbonyl (C=O) groups is 1. The van der Waals surface area contributed by atoms with E-state index in [1.807, 2.05) is 6.92 Å². The lowest BCUT2D eigenvalue weighted by molar-refractivity contribution is -0.143. The van der Waals surface area contributed by atoms with Gasteiger partial charge in [0.25, 0.3) is 0 Å². The van der Waals surface area contributed by atoms with Crippen LogP contribution in [0.25, 0.3) is 0 Å². The Morgan fingerprint density at radius 1 is 1.00 bits per heavy atom. The third-order valence-corrected chi connectivity index (χ3v) is 6.56. The van der Waals surface area contributed by atoms with Crippen LogP contribution in [0.4, 0.5) is 26.3 Å². The maximum Gasteiger partial charge on any atom is 0.416 e. The molecule has 1 saturated carbocycles. The van der Waals surface area contributed by atoms with Gasteiger partial charge in [0, 0.05) is 31.8 Å². The predicted molar refractivity (Wildman–Crippen MR) is 106 cm³/mol. The molecule has 1 aromatic rings. The molecule has 0 spiro atoms. The molecule has 1 amide bonds. The minimum absolute atomic E-state index is 0.0857. The second-order valence-corrected chi connectivity index (χ2v) is 8.72. The maximum atomic E-state index is 13.1. The van der Waals surface area contributed by atoms with Crippen molar-refractivity contribution < 1.29 is 35.9 Å². The van der Waals surface area contributed by atoms with Crippen LogP contribution in [-0.2, 0) is 28.4 Å². The first-order valence-electron chi connectivity index (χ1n) is 10.8. The van der Waals surface area contributed by atoms with E-state index in [9.17, 15) is 31.1 Å². The highest BCUT2D eigenvalue weighted by molar-refractivity contribution is 5.83. The first-order chi connectivity index (χ1) is 14.9. The fourth-order valence-electron chi connectivity index (χ4n) is 4.65. The topological polar surface area (TPSA) is 50.4 Å². The van der Waals surface area contributed by atoms with Gasteiger partial charge in [0.05, 0.1) is 16.5 Å². The molecule has 0 aromatic heterocycles. The lowest BCUT2D eigenvalue weighted by Crippen LogP contribution is -2.43. The van der Waals surface area contributed by atoms with E-state index in [0.717, 1.165) is 19.3 Å². The first kappa shape index (κ1) is 24.8. The van der Waals surface area contributed by atoms with Crippen LogP contribution < -0.4 is 10.6 Å². The van der Waals surface area contributed by atoms with Crippen molar-refractivity contribution >= 4 is 5.91 Å². The van der Waals surface area contributed by atoms with Crippen molar-refractivity contribution in [2.75, 3.05) is 13.2 Å². The van der Waals surface area contributed by atoms with Crippen molar-refractivity contribution in [3.63, 3.8) is 0 Å². The van der Waals surface area contributed by atoms with E-state index < -0.39 is 35.4 Å². The van der Waals surface area contributed by atoms with Gasteiger partial charge in [-0.05, 0) is 62.3 Å². The number of rotatable bonds is 6. The van der Waals surface area contributed by atoms with Crippen molar-refractivity contribution in [1.82, 2.24) is 10.6 Å². The molecule has 2 atom stereocenters. The van der Waals surface area contributed by atoms with Crippen molar-refractivity contribution in [2.24, 2.45) is 5.41 Å². The van der Waals surface area contributed by atoms with E-state index in [1.54, 1.807) is 0 Å². The zero-order valence-electron chi connectivity index (χ0n) is 17.8. The van der Waals surface area contributed by atoms with Crippen LogP contribution in [0.1, 0.15) is 62.1 Å². The summed E-state index contributed by atoms with van der Waals surface area (Å²) < 4.78 is 83.7. The quantitative estimate of drug-likeness (QED) is 0.577. The maximum absolute atomic E-state index is 13.1. The molecular weight excluding hydrogens is 438 g/mol. The molecule has 1 aliphatic carbocycles. The summed E-state index contributed by atoms with van der Waals surface area (Å²) in [5.41, 5.74) is -3.69. The number of nitrogens with one attached hydrogen (secondary N) is 2. The Morgan fingerprint density at radius 3 is 2.12 bits per heavy atom. The summed E-state index contributed by atoms with van der Waals surface area (Å²) >= 11 is 0. The largest absolute Gasteiger partial charge is 0.416 e. The number of halogens is 6. The minimum atomic E-state index is -4.92. The first-order valence-corrected chi connectivity index (χ1v) is 10.8. The van der Waals surface area contributed by atoms with Crippen molar-refractivity contribution in [2.45, 2.75) is 76.4 Å². The molecule has 3 rings (SSSR count). The van der Waals surface area contributed by atoms with E-state index in [4.69, 9.17) is 4.74 Å². The van der Waals surface area contributed by atoms with E-state index in [2.05, 4.69) is 10.6 Å². The summed E-state index contributed by atoms with van der Waals surface area (Å²) in [4.78, 5) is 13.0. The molecule has 2 N–H and O–H groups in total. The van der Waals surface area contributed by atoms with Gasteiger partial charge in [-0.1, -0.05) is 6.92 Å². The van der Waals surface area contributed by atoms with E-state index >= 15 is 0 Å². The zero-order valence-corrected chi connectivity index (χ0v) is 17.8. The minimum Gasteiger partial charge on any atom is -0.381 e. The average Bonchev–Trinajstić information content (AvgIpc) is 3.15. The molecular formula is C22H28F6N2O2. The third kappa shape index (κ3) is 5.95. The Labute approximate surface area is 183 Å². The summed E-state index contributed by atoms with van der Waals surface area (Å²) in [6.45, 7) is 2.87. The third-order valence-electron chi connectivity index (χ3n) is 6.56. The fraction of sp³-hybridized carbons (Fsp3) is 0.682. The summed E-state index contributed by atoms with van der Waals surface area (Å²) in [6, 6.07) is 1.86. The highest BCUT2D eigenvalue weighted by Crippen LogP contribution is 2.42. The number of ether oxygens (including phenoxy) is 1. The smallest absolute Gasteiger partial charge is 0.381 e. The Morgan fingerprint density at radius 2 is 1.59 bits per heavy atom. The summed E-state index contributed by atoms with van der Waals surface area (Å²) in [5, 5.41) is 6.17. The lowest BCUT2D eigenvalue weighted by Gasteiger charge is -2.29. The number of alkyl halides is 6. The van der Waals surface area contributed by atoms with Gasteiger partial charge in [0.2, 0.25) is 5.91 Å². The van der Waals surface area contributed by atoms with Crippen LogP contribution >= 0.6 is 0 Å². The van der Waals surface area contributed by atoms with Crippen LogP contribution in [0.15, 0.2) is 18.2 Å². The number of benzene rings is 1. The van der Waals surface area contributed by atoms with Gasteiger partial charge < -0.3 is 15.4 Å². The summed E-state index contributed by atoms with van der Waals surface area (Å²) in [6.07, 6.45) is -5.49. The SMILES string of the molecule is CCC1(C(=O)NCc2cc(C(F)(F)F)cc(C(F)(F)F)c2)CCC(NC2CCOCC2)C1. The van der Waals surface area contributed by atoms with Gasteiger partial charge in [0.1, 0.15) is 0 Å². The molecule has 1 aromatic carbocycles. The monoisotopic (exact) mass is 466 g/mol. The Balaban J connectivity index is 1.67. The van der Waals surface area contributed by atoms with Gasteiger partial charge in [-0.3, -0.25) is 4.79 Å². The second-order valence-electron chi connectivity index (χ2n) is 8.72. The van der Waals surface area contributed by atoms with Crippen LogP contribution in [0.3, 0.4) is 0 Å². The summed E-state index contributed by atoms with van der Waals surface area (Å²) in [7, 11) is 0. The predicted octanol–water partition coefficient (Wildman–Crippen LogP) is 5.06. The zero-order chi connectivity index (χ0) is 23.6. The van der Waals surface area contributed by atoms with E-state index in [1.165, 1.54) is 0 Å². The van der Waals surface area contributed by atoms with Gasteiger partial charge in [0.15, 0.2) is 0 Å². The summed E-state index contributed by atoms with van der Waals surface area (Å²) in [5.74, 6) is -0.331. The van der Waals surface area contributed by atoms with Crippen molar-refractivity contribution in [3.8, 4) is 0 Å². The van der Waals surface area contributed by atoms with Crippen LogP contribution in [-0.4, -0.2) is 31.2 Å². The van der Waals surface area contributed by atoms with Crippen molar-refractivity contribution in [3.05, 3.63) is 34.9 Å². The molecule has 1 saturated heterocycles. The van der Waals surface area contributed by atoms with E-state index in [-0.39, 0.29) is 23.6 Å². The molecule has 2 fully saturated rings. The number of hydrogen-bond acceptors (Lipinski definition) is 3. The van der Waals surface area contributed by atoms with Crippen LogP contribution in [0.5, 0.6) is 0 Å². The van der Waals surface area contributed by atoms with Crippen molar-refractivity contribution in [1.29, 1.82) is 0 Å². The normalized spacial score (nSPS) is 25.2. The highest BCUT2D eigenvalue weighted by atomic mass is 19.4. The van der Waals surface area contributed by atoms with Gasteiger partial charge >= 0.3 is 12.4 Å². The molecule has 4 nitrogen and oxygen atoms in total. The van der Waals surface area contributed by atoms with Gasteiger partial charge in [-0.25, -0.2) is 0 Å². The molecule has 1 aliphatic heterocycles. The number of amides is 1. The molecule has 2 unspecified atom stereocenters. The Bertz CT molecular complexity index is 772. The van der Waals surface area contributed by atoms with Gasteiger partial charge in [-0.15, -0.1) is 0 Å².